The van der Waals surface area contributed by atoms with Crippen molar-refractivity contribution < 1.29 is 0 Å². The minimum absolute atomic E-state index is 0.374. The summed E-state index contributed by atoms with van der Waals surface area (Å²) in [6.07, 6.45) is 20.7. The fourth-order valence-corrected chi connectivity index (χ4v) is 10.9. The highest BCUT2D eigenvalue weighted by atomic mass is 14.9. The lowest BCUT2D eigenvalue weighted by Gasteiger charge is -2.61. The Kier molecular flexibility index (Phi) is 13.5. The molecule has 0 aromatic heterocycles. The van der Waals surface area contributed by atoms with Crippen molar-refractivity contribution in [2.45, 2.75) is 143 Å². The van der Waals surface area contributed by atoms with Gasteiger partial charge in [-0.15, -0.1) is 0 Å². The van der Waals surface area contributed by atoms with Gasteiger partial charge in [-0.1, -0.05) is 34.6 Å². The molecule has 0 aliphatic heterocycles. The summed E-state index contributed by atoms with van der Waals surface area (Å²) in [7, 11) is 0. The molecule has 0 aromatic rings. The van der Waals surface area contributed by atoms with E-state index in [1.807, 2.05) is 0 Å². The van der Waals surface area contributed by atoms with E-state index in [1.54, 1.807) is 0 Å². The lowest BCUT2D eigenvalue weighted by molar-refractivity contribution is -0.118. The molecule has 0 saturated heterocycles. The van der Waals surface area contributed by atoms with Crippen molar-refractivity contribution in [3.63, 3.8) is 0 Å². The minimum atomic E-state index is 0.374. The molecule has 0 aromatic carbocycles. The van der Waals surface area contributed by atoms with Gasteiger partial charge >= 0.3 is 0 Å². The Bertz CT molecular complexity index is 773. The van der Waals surface area contributed by atoms with Gasteiger partial charge < -0.3 is 27.4 Å². The molecule has 7 N–H and O–H groups in total. The maximum Gasteiger partial charge on any atom is 0.00701 e. The van der Waals surface area contributed by atoms with E-state index in [0.29, 0.717) is 22.8 Å². The van der Waals surface area contributed by atoms with Crippen LogP contribution in [0.25, 0.3) is 0 Å². The van der Waals surface area contributed by atoms with Gasteiger partial charge in [0.15, 0.2) is 0 Å². The summed E-state index contributed by atoms with van der Waals surface area (Å²) in [5, 5.41) is 11.1. The van der Waals surface area contributed by atoms with Crippen LogP contribution in [0.2, 0.25) is 0 Å². The van der Waals surface area contributed by atoms with E-state index in [0.717, 1.165) is 80.7 Å². The Morgan fingerprint density at radius 2 is 1.38 bits per heavy atom. The number of hydrogen-bond acceptors (Lipinski definition) is 5. The first-order valence-corrected chi connectivity index (χ1v) is 18.8. The zero-order valence-electron chi connectivity index (χ0n) is 28.7. The van der Waals surface area contributed by atoms with Crippen LogP contribution in [0.4, 0.5) is 0 Å². The molecular formula is C37H73N5. The highest BCUT2D eigenvalue weighted by Crippen LogP contribution is 2.68. The molecule has 4 rings (SSSR count). The second kappa shape index (κ2) is 16.4. The average Bonchev–Trinajstić information content (AvgIpc) is 3.33. The van der Waals surface area contributed by atoms with Crippen LogP contribution >= 0.6 is 0 Å². The van der Waals surface area contributed by atoms with E-state index in [9.17, 15) is 0 Å². The second-order valence-electron chi connectivity index (χ2n) is 16.5. The summed E-state index contributed by atoms with van der Waals surface area (Å²) in [5.41, 5.74) is 13.2. The lowest BCUT2D eigenvalue weighted by atomic mass is 9.44. The van der Waals surface area contributed by atoms with Gasteiger partial charge in [-0.3, -0.25) is 0 Å². The summed E-state index contributed by atoms with van der Waals surface area (Å²) in [4.78, 5) is 0. The smallest absolute Gasteiger partial charge is 0.00701 e. The van der Waals surface area contributed by atoms with Gasteiger partial charge in [-0.05, 0) is 188 Å². The standard InChI is InChI=1S/C37H73N5/c1-27(2)35(39)15-10-28(3)32-13-14-33-31-12-11-29-26-30(16-18-36(29,4)34(31)17-19-37(32,33)5)42-25-9-24-41-22-7-6-21-40-23-8-20-38/h27-35,40-42H,6-26,38-39H2,1-5H3/t28-,29-,30+,31?,32-,33?,34?,35?,36+,37-/m1/s1. The first-order valence-electron chi connectivity index (χ1n) is 18.8. The number of nitrogens with one attached hydrogen (secondary N) is 3. The first kappa shape index (κ1) is 34.7. The van der Waals surface area contributed by atoms with Gasteiger partial charge in [0.05, 0.1) is 0 Å². The van der Waals surface area contributed by atoms with Gasteiger partial charge in [-0.25, -0.2) is 0 Å². The van der Waals surface area contributed by atoms with E-state index in [2.05, 4.69) is 50.6 Å². The predicted molar refractivity (Wildman–Crippen MR) is 181 cm³/mol. The maximum absolute atomic E-state index is 6.47. The zero-order valence-corrected chi connectivity index (χ0v) is 28.7. The van der Waals surface area contributed by atoms with Crippen LogP contribution in [0.5, 0.6) is 0 Å². The predicted octanol–water partition coefficient (Wildman–Crippen LogP) is 6.70. The van der Waals surface area contributed by atoms with E-state index in [-0.39, 0.29) is 0 Å². The Balaban J connectivity index is 1.17. The van der Waals surface area contributed by atoms with Gasteiger partial charge in [0.1, 0.15) is 0 Å². The Labute approximate surface area is 261 Å². The zero-order chi connectivity index (χ0) is 30.2. The summed E-state index contributed by atoms with van der Waals surface area (Å²) in [5.74, 6) is 6.27. The third kappa shape index (κ3) is 8.33. The van der Waals surface area contributed by atoms with Crippen molar-refractivity contribution in [1.29, 1.82) is 0 Å². The molecule has 0 heterocycles. The van der Waals surface area contributed by atoms with Crippen LogP contribution in [0.15, 0.2) is 0 Å². The van der Waals surface area contributed by atoms with Crippen molar-refractivity contribution in [3.8, 4) is 0 Å². The van der Waals surface area contributed by atoms with Crippen LogP contribution in [-0.4, -0.2) is 51.4 Å². The summed E-state index contributed by atoms with van der Waals surface area (Å²) in [6.45, 7) is 19.1. The van der Waals surface area contributed by atoms with Crippen molar-refractivity contribution in [2.24, 2.45) is 63.7 Å². The molecule has 0 amide bonds. The van der Waals surface area contributed by atoms with Crippen LogP contribution < -0.4 is 27.4 Å². The highest BCUT2D eigenvalue weighted by Gasteiger charge is 2.60. The number of rotatable bonds is 18. The Morgan fingerprint density at radius 3 is 2.10 bits per heavy atom. The van der Waals surface area contributed by atoms with Crippen LogP contribution in [0.1, 0.15) is 131 Å². The van der Waals surface area contributed by atoms with Gasteiger partial charge in [0.25, 0.3) is 0 Å². The molecule has 246 valence electrons. The van der Waals surface area contributed by atoms with Gasteiger partial charge in [0.2, 0.25) is 0 Å². The molecule has 10 atom stereocenters. The summed E-state index contributed by atoms with van der Waals surface area (Å²) >= 11 is 0. The maximum atomic E-state index is 6.47. The molecule has 4 saturated carbocycles. The first-order chi connectivity index (χ1) is 20.2. The largest absolute Gasteiger partial charge is 0.330 e. The SMILES string of the molecule is CC(C)C(N)CC[C@@H](C)[C@H]1CCC2C3CC[C@@H]4C[C@@H](NCCCNCCCCNCCCN)CC[C@]4(C)C3CC[C@@]21C. The number of nitrogens with two attached hydrogens (primary N) is 2. The summed E-state index contributed by atoms with van der Waals surface area (Å²) in [6, 6.07) is 1.13. The Hall–Kier alpha value is -0.200. The Morgan fingerprint density at radius 1 is 0.714 bits per heavy atom. The fraction of sp³-hybridized carbons (Fsp3) is 1.00. The van der Waals surface area contributed by atoms with Gasteiger partial charge in [-0.2, -0.15) is 0 Å². The number of hydrogen-bond donors (Lipinski definition) is 5. The molecule has 5 heteroatoms. The fourth-order valence-electron chi connectivity index (χ4n) is 10.9. The van der Waals surface area contributed by atoms with Crippen molar-refractivity contribution >= 4 is 0 Å². The number of fused-ring (bicyclic) bond motifs is 5. The molecule has 4 unspecified atom stereocenters. The molecule has 4 fully saturated rings. The van der Waals surface area contributed by atoms with Crippen LogP contribution in [0, 0.1) is 52.3 Å². The minimum Gasteiger partial charge on any atom is -0.330 e. The molecule has 0 spiro atoms. The molecule has 4 aliphatic carbocycles. The van der Waals surface area contributed by atoms with Crippen LogP contribution in [-0.2, 0) is 0 Å². The van der Waals surface area contributed by atoms with E-state index >= 15 is 0 Å². The monoisotopic (exact) mass is 588 g/mol. The van der Waals surface area contributed by atoms with E-state index < -0.39 is 0 Å². The molecule has 0 radical (unpaired) electrons. The third-order valence-corrected chi connectivity index (χ3v) is 13.7. The van der Waals surface area contributed by atoms with E-state index in [1.165, 1.54) is 96.4 Å². The van der Waals surface area contributed by atoms with Gasteiger partial charge in [0, 0.05) is 12.1 Å². The lowest BCUT2D eigenvalue weighted by Crippen LogP contribution is -2.55. The van der Waals surface area contributed by atoms with Crippen molar-refractivity contribution in [2.75, 3.05) is 39.3 Å². The molecule has 42 heavy (non-hydrogen) atoms. The second-order valence-corrected chi connectivity index (χ2v) is 16.5. The molecular weight excluding hydrogens is 514 g/mol. The van der Waals surface area contributed by atoms with Crippen LogP contribution in [0.3, 0.4) is 0 Å². The summed E-state index contributed by atoms with van der Waals surface area (Å²) < 4.78 is 0. The number of unbranched alkanes of at least 4 members (excludes halogenated alkanes) is 1. The van der Waals surface area contributed by atoms with E-state index in [4.69, 9.17) is 11.5 Å². The molecule has 0 bridgehead atoms. The molecule has 4 aliphatic rings. The van der Waals surface area contributed by atoms with Crippen molar-refractivity contribution in [3.05, 3.63) is 0 Å². The third-order valence-electron chi connectivity index (χ3n) is 13.7. The normalized spacial score (nSPS) is 37.7. The quantitative estimate of drug-likeness (QED) is 0.115. The van der Waals surface area contributed by atoms with Crippen molar-refractivity contribution in [1.82, 2.24) is 16.0 Å². The highest BCUT2D eigenvalue weighted by molar-refractivity contribution is 5.10. The topological polar surface area (TPSA) is 88.1 Å². The average molecular weight is 588 g/mol. The molecule has 5 nitrogen and oxygen atoms in total.